The highest BCUT2D eigenvalue weighted by molar-refractivity contribution is 5.95. The second kappa shape index (κ2) is 2.89. The van der Waals surface area contributed by atoms with Crippen molar-refractivity contribution in [2.75, 3.05) is 0 Å². The molecule has 0 aliphatic carbocycles. The zero-order valence-corrected chi connectivity index (χ0v) is 8.60. The molecule has 0 saturated heterocycles. The first-order valence-corrected chi connectivity index (χ1v) is 4.43. The van der Waals surface area contributed by atoms with Gasteiger partial charge >= 0.3 is 0 Å². The molecular weight excluding hydrogens is 146 g/mol. The number of hydrogen-bond donors (Lipinski definition) is 0. The molecule has 0 N–H and O–H groups in total. The van der Waals surface area contributed by atoms with Crippen LogP contribution in [0.2, 0.25) is 0 Å². The average molecular weight is 163 g/mol. The summed E-state index contributed by atoms with van der Waals surface area (Å²) in [7, 11) is 0. The summed E-state index contributed by atoms with van der Waals surface area (Å²) >= 11 is 0. The Balaban J connectivity index is 3.21. The van der Waals surface area contributed by atoms with Crippen molar-refractivity contribution in [2.45, 2.75) is 34.6 Å². The third-order valence-electron chi connectivity index (χ3n) is 2.70. The smallest absolute Gasteiger partial charge is 0.0624 e. The van der Waals surface area contributed by atoms with E-state index in [9.17, 15) is 0 Å². The van der Waals surface area contributed by atoms with Crippen molar-refractivity contribution in [3.8, 4) is 0 Å². The summed E-state index contributed by atoms with van der Waals surface area (Å²) in [6.07, 6.45) is 4.24. The van der Waals surface area contributed by atoms with Gasteiger partial charge in [-0.3, -0.25) is 4.99 Å². The Morgan fingerprint density at radius 2 is 1.75 bits per heavy atom. The largest absolute Gasteiger partial charge is 0.257 e. The normalized spacial score (nSPS) is 28.2. The molecule has 0 fully saturated rings. The van der Waals surface area contributed by atoms with Crippen LogP contribution in [0.25, 0.3) is 0 Å². The average Bonchev–Trinajstić information content (AvgIpc) is 2.23. The van der Waals surface area contributed by atoms with E-state index in [2.05, 4.69) is 44.8 Å². The van der Waals surface area contributed by atoms with Gasteiger partial charge in [0.15, 0.2) is 0 Å². The van der Waals surface area contributed by atoms with Gasteiger partial charge in [-0.25, -0.2) is 0 Å². The summed E-state index contributed by atoms with van der Waals surface area (Å²) in [6, 6.07) is 0. The van der Waals surface area contributed by atoms with Gasteiger partial charge in [-0.2, -0.15) is 0 Å². The van der Waals surface area contributed by atoms with E-state index in [4.69, 9.17) is 0 Å². The number of allylic oxidation sites excluding steroid dienone is 3. The molecule has 12 heavy (non-hydrogen) atoms. The first kappa shape index (κ1) is 9.24. The summed E-state index contributed by atoms with van der Waals surface area (Å²) in [5.74, 6) is 0. The van der Waals surface area contributed by atoms with Gasteiger partial charge in [0.25, 0.3) is 0 Å². The number of rotatable bonds is 0. The quantitative estimate of drug-likeness (QED) is 0.519. The van der Waals surface area contributed by atoms with Crippen LogP contribution in [0.15, 0.2) is 28.4 Å². The molecule has 0 bridgehead atoms. The number of nitrogens with zero attached hydrogens (tertiary/aromatic N) is 1. The van der Waals surface area contributed by atoms with Crippen LogP contribution < -0.4 is 0 Å². The third kappa shape index (κ3) is 1.13. The van der Waals surface area contributed by atoms with Gasteiger partial charge < -0.3 is 0 Å². The minimum absolute atomic E-state index is 0.136. The highest BCUT2D eigenvalue weighted by Crippen LogP contribution is 2.39. The molecule has 0 aromatic carbocycles. The first-order chi connectivity index (χ1) is 5.54. The van der Waals surface area contributed by atoms with Gasteiger partial charge in [-0.1, -0.05) is 26.0 Å². The van der Waals surface area contributed by atoms with Gasteiger partial charge in [0.2, 0.25) is 0 Å². The molecule has 0 radical (unpaired) electrons. The zero-order valence-electron chi connectivity index (χ0n) is 8.60. The molecule has 1 nitrogen and oxygen atoms in total. The second-order valence-corrected chi connectivity index (χ2v) is 3.70. The van der Waals surface area contributed by atoms with Crippen molar-refractivity contribution in [1.82, 2.24) is 0 Å². The number of aliphatic imine (C=N–C) groups is 1. The van der Waals surface area contributed by atoms with E-state index in [1.807, 2.05) is 6.92 Å². The lowest BCUT2D eigenvalue weighted by atomic mass is 9.81. The summed E-state index contributed by atoms with van der Waals surface area (Å²) < 4.78 is 0. The third-order valence-corrected chi connectivity index (χ3v) is 2.70. The van der Waals surface area contributed by atoms with Gasteiger partial charge in [0.1, 0.15) is 0 Å². The standard InChI is InChI=1S/C11H17N/c1-6-9-10(7-2)12-8(3)11(9,4)5/h6-7H,1-5H3/b9-6+,10-7+. The van der Waals surface area contributed by atoms with Crippen LogP contribution in [0.3, 0.4) is 0 Å². The molecule has 0 aromatic rings. The van der Waals surface area contributed by atoms with Crippen molar-refractivity contribution in [1.29, 1.82) is 0 Å². The van der Waals surface area contributed by atoms with Crippen LogP contribution in [0.1, 0.15) is 34.6 Å². The van der Waals surface area contributed by atoms with Crippen LogP contribution in [-0.2, 0) is 0 Å². The van der Waals surface area contributed by atoms with Gasteiger partial charge in [-0.15, -0.1) is 0 Å². The molecule has 0 atom stereocenters. The van der Waals surface area contributed by atoms with Crippen molar-refractivity contribution in [2.24, 2.45) is 10.4 Å². The van der Waals surface area contributed by atoms with E-state index in [-0.39, 0.29) is 5.41 Å². The lowest BCUT2D eigenvalue weighted by Crippen LogP contribution is -2.18. The highest BCUT2D eigenvalue weighted by Gasteiger charge is 2.33. The Kier molecular flexibility index (Phi) is 2.22. The fourth-order valence-corrected chi connectivity index (χ4v) is 1.62. The molecule has 1 heterocycles. The lowest BCUT2D eigenvalue weighted by Gasteiger charge is -2.20. The summed E-state index contributed by atoms with van der Waals surface area (Å²) in [6.45, 7) is 10.7. The molecule has 0 spiro atoms. The van der Waals surface area contributed by atoms with E-state index in [1.54, 1.807) is 0 Å². The predicted octanol–water partition coefficient (Wildman–Crippen LogP) is 3.34. The van der Waals surface area contributed by atoms with Gasteiger partial charge in [0.05, 0.1) is 5.70 Å². The Morgan fingerprint density at radius 3 is 2.08 bits per heavy atom. The molecule has 66 valence electrons. The maximum atomic E-state index is 4.52. The summed E-state index contributed by atoms with van der Waals surface area (Å²) in [4.78, 5) is 4.52. The molecule has 1 aliphatic heterocycles. The fourth-order valence-electron chi connectivity index (χ4n) is 1.62. The minimum atomic E-state index is 0.136. The second-order valence-electron chi connectivity index (χ2n) is 3.70. The molecule has 0 unspecified atom stereocenters. The van der Waals surface area contributed by atoms with E-state index in [0.29, 0.717) is 0 Å². The first-order valence-electron chi connectivity index (χ1n) is 4.43. The maximum absolute atomic E-state index is 4.52. The molecule has 1 aliphatic rings. The van der Waals surface area contributed by atoms with Crippen LogP contribution in [0.5, 0.6) is 0 Å². The minimum Gasteiger partial charge on any atom is -0.257 e. The molecular formula is C11H17N. The van der Waals surface area contributed by atoms with Crippen molar-refractivity contribution in [3.63, 3.8) is 0 Å². The van der Waals surface area contributed by atoms with Crippen molar-refractivity contribution >= 4 is 5.71 Å². The van der Waals surface area contributed by atoms with Crippen LogP contribution in [0.4, 0.5) is 0 Å². The highest BCUT2D eigenvalue weighted by atomic mass is 14.8. The van der Waals surface area contributed by atoms with Crippen LogP contribution in [0, 0.1) is 5.41 Å². The molecule has 0 aromatic heterocycles. The van der Waals surface area contributed by atoms with E-state index < -0.39 is 0 Å². The number of hydrogen-bond acceptors (Lipinski definition) is 1. The lowest BCUT2D eigenvalue weighted by molar-refractivity contribution is 0.652. The Labute approximate surface area is 74.9 Å². The predicted molar refractivity (Wildman–Crippen MR) is 54.4 cm³/mol. The van der Waals surface area contributed by atoms with E-state index in [1.165, 1.54) is 11.3 Å². The topological polar surface area (TPSA) is 12.4 Å². The molecule has 1 rings (SSSR count). The summed E-state index contributed by atoms with van der Waals surface area (Å²) in [5.41, 5.74) is 3.84. The summed E-state index contributed by atoms with van der Waals surface area (Å²) in [5, 5.41) is 0. The molecule has 1 heteroatoms. The van der Waals surface area contributed by atoms with Gasteiger partial charge in [0, 0.05) is 11.1 Å². The van der Waals surface area contributed by atoms with Gasteiger partial charge in [-0.05, 0) is 26.3 Å². The fraction of sp³-hybridized carbons (Fsp3) is 0.545. The Bertz CT molecular complexity index is 277. The Morgan fingerprint density at radius 1 is 1.17 bits per heavy atom. The molecule has 0 amide bonds. The van der Waals surface area contributed by atoms with Crippen LogP contribution in [-0.4, -0.2) is 5.71 Å². The Hall–Kier alpha value is -0.850. The van der Waals surface area contributed by atoms with E-state index in [0.717, 1.165) is 5.70 Å². The SMILES string of the molecule is C/C=C1\C(=C/C)N=C(C)C1(C)C. The maximum Gasteiger partial charge on any atom is 0.0624 e. The van der Waals surface area contributed by atoms with Crippen molar-refractivity contribution in [3.05, 3.63) is 23.4 Å². The monoisotopic (exact) mass is 163 g/mol. The van der Waals surface area contributed by atoms with Crippen molar-refractivity contribution < 1.29 is 0 Å². The van der Waals surface area contributed by atoms with Crippen LogP contribution >= 0.6 is 0 Å². The molecule has 0 saturated carbocycles. The van der Waals surface area contributed by atoms with E-state index >= 15 is 0 Å². The zero-order chi connectivity index (χ0) is 9.35.